The third kappa shape index (κ3) is 6.13. The van der Waals surface area contributed by atoms with E-state index < -0.39 is 6.61 Å². The van der Waals surface area contributed by atoms with E-state index in [2.05, 4.69) is 19.9 Å². The predicted octanol–water partition coefficient (Wildman–Crippen LogP) is 4.09. The molecule has 1 aliphatic rings. The predicted molar refractivity (Wildman–Crippen MR) is 109 cm³/mol. The summed E-state index contributed by atoms with van der Waals surface area (Å²) < 4.78 is 29.6. The first-order valence-electron chi connectivity index (χ1n) is 9.48. The quantitative estimate of drug-likeness (QED) is 0.728. The van der Waals surface area contributed by atoms with Gasteiger partial charge in [0.15, 0.2) is 0 Å². The molecule has 156 valence electrons. The number of ether oxygens (including phenoxy) is 1. The molecule has 1 N–H and O–H groups in total. The number of benzene rings is 2. The normalized spacial score (nSPS) is 16.6. The summed E-state index contributed by atoms with van der Waals surface area (Å²) in [6.07, 6.45) is 0. The van der Waals surface area contributed by atoms with Gasteiger partial charge in [-0.15, -0.1) is 0 Å². The molecule has 0 aliphatic carbocycles. The van der Waals surface area contributed by atoms with Crippen molar-refractivity contribution < 1.29 is 18.3 Å². The first kappa shape index (κ1) is 21.5. The minimum Gasteiger partial charge on any atom is -0.433 e. The van der Waals surface area contributed by atoms with Crippen molar-refractivity contribution in [3.8, 4) is 5.75 Å². The lowest BCUT2D eigenvalue weighted by Crippen LogP contribution is -2.52. The zero-order valence-electron chi connectivity index (χ0n) is 16.2. The van der Waals surface area contributed by atoms with Gasteiger partial charge in [-0.3, -0.25) is 14.6 Å². The molecule has 0 radical (unpaired) electrons. The lowest BCUT2D eigenvalue weighted by molar-refractivity contribution is -0.121. The highest BCUT2D eigenvalue weighted by atomic mass is 35.5. The van der Waals surface area contributed by atoms with Crippen LogP contribution in [0.5, 0.6) is 5.75 Å². The summed E-state index contributed by atoms with van der Waals surface area (Å²) in [6, 6.07) is 13.6. The van der Waals surface area contributed by atoms with Crippen molar-refractivity contribution in [3.05, 3.63) is 59.1 Å². The summed E-state index contributed by atoms with van der Waals surface area (Å²) in [7, 11) is 0. The average molecular weight is 424 g/mol. The van der Waals surface area contributed by atoms with E-state index in [-0.39, 0.29) is 23.4 Å². The number of hydrogen-bond acceptors (Lipinski definition) is 4. The second-order valence-electron chi connectivity index (χ2n) is 6.98. The van der Waals surface area contributed by atoms with Gasteiger partial charge < -0.3 is 10.1 Å². The van der Waals surface area contributed by atoms with E-state index in [0.717, 1.165) is 43.3 Å². The molecule has 29 heavy (non-hydrogen) atoms. The first-order chi connectivity index (χ1) is 13.9. The Bertz CT molecular complexity index is 829. The Hall–Kier alpha value is -2.22. The van der Waals surface area contributed by atoms with Gasteiger partial charge in [-0.25, -0.2) is 0 Å². The molecule has 1 fully saturated rings. The van der Waals surface area contributed by atoms with E-state index in [1.165, 1.54) is 6.07 Å². The number of halogens is 3. The average Bonchev–Trinajstić information content (AvgIpc) is 2.69. The summed E-state index contributed by atoms with van der Waals surface area (Å²) in [5.41, 5.74) is 1.40. The Kier molecular flexibility index (Phi) is 7.41. The molecule has 2 aromatic rings. The molecule has 0 saturated carbocycles. The number of anilines is 1. The Labute approximate surface area is 174 Å². The molecule has 3 rings (SSSR count). The smallest absolute Gasteiger partial charge is 0.387 e. The Balaban J connectivity index is 1.52. The third-order valence-corrected chi connectivity index (χ3v) is 5.23. The van der Waals surface area contributed by atoms with Crippen molar-refractivity contribution in [3.63, 3.8) is 0 Å². The maximum Gasteiger partial charge on any atom is 0.387 e. The molecule has 1 amide bonds. The fourth-order valence-electron chi connectivity index (χ4n) is 3.37. The van der Waals surface area contributed by atoms with Crippen molar-refractivity contribution in [1.29, 1.82) is 0 Å². The first-order valence-corrected chi connectivity index (χ1v) is 9.85. The van der Waals surface area contributed by atoms with Crippen LogP contribution in [0, 0.1) is 0 Å². The highest BCUT2D eigenvalue weighted by Crippen LogP contribution is 2.26. The molecular formula is C21H24ClF2N3O2. The lowest BCUT2D eigenvalue weighted by atomic mass is 10.1. The van der Waals surface area contributed by atoms with E-state index in [9.17, 15) is 13.6 Å². The molecule has 1 aliphatic heterocycles. The van der Waals surface area contributed by atoms with Crippen molar-refractivity contribution in [2.75, 3.05) is 31.5 Å². The van der Waals surface area contributed by atoms with Crippen LogP contribution in [0.15, 0.2) is 48.5 Å². The van der Waals surface area contributed by atoms with Crippen LogP contribution in [0.2, 0.25) is 5.02 Å². The summed E-state index contributed by atoms with van der Waals surface area (Å²) in [6.45, 7) is 2.82. The monoisotopic (exact) mass is 423 g/mol. The molecule has 5 nitrogen and oxygen atoms in total. The molecule has 8 heteroatoms. The van der Waals surface area contributed by atoms with Crippen LogP contribution in [0.4, 0.5) is 14.5 Å². The van der Waals surface area contributed by atoms with E-state index in [1.54, 1.807) is 18.2 Å². The molecule has 0 aromatic heterocycles. The zero-order valence-corrected chi connectivity index (χ0v) is 16.9. The topological polar surface area (TPSA) is 44.8 Å². The van der Waals surface area contributed by atoms with Crippen molar-refractivity contribution in [1.82, 2.24) is 9.80 Å². The number of alkyl halides is 2. The number of piperazine rings is 1. The van der Waals surface area contributed by atoms with E-state index in [0.29, 0.717) is 0 Å². The van der Waals surface area contributed by atoms with Crippen LogP contribution in [0.3, 0.4) is 0 Å². The molecule has 1 saturated heterocycles. The maximum absolute atomic E-state index is 12.6. The van der Waals surface area contributed by atoms with Crippen LogP contribution >= 0.6 is 11.6 Å². The number of hydrogen-bond donors (Lipinski definition) is 1. The summed E-state index contributed by atoms with van der Waals surface area (Å²) >= 11 is 6.05. The number of carbonyl (C=O) groups excluding carboxylic acids is 1. The SMILES string of the molecule is CC(C(=O)Nc1ccccc1OC(F)F)N1CCN(Cc2cccc(Cl)c2)CC1. The molecule has 1 unspecified atom stereocenters. The number of nitrogens with one attached hydrogen (secondary N) is 1. The second-order valence-corrected chi connectivity index (χ2v) is 7.42. The van der Waals surface area contributed by atoms with Gasteiger partial charge in [0, 0.05) is 37.7 Å². The molecule has 1 heterocycles. The summed E-state index contributed by atoms with van der Waals surface area (Å²) in [5, 5.41) is 3.43. The number of rotatable bonds is 7. The minimum atomic E-state index is -2.95. The van der Waals surface area contributed by atoms with Crippen molar-refractivity contribution >= 4 is 23.2 Å². The number of amides is 1. The van der Waals surface area contributed by atoms with Crippen LogP contribution in [0.25, 0.3) is 0 Å². The van der Waals surface area contributed by atoms with Crippen LogP contribution in [-0.2, 0) is 11.3 Å². The van der Waals surface area contributed by atoms with Gasteiger partial charge >= 0.3 is 6.61 Å². The van der Waals surface area contributed by atoms with Crippen LogP contribution < -0.4 is 10.1 Å². The molecular weight excluding hydrogens is 400 g/mol. The van der Waals surface area contributed by atoms with Gasteiger partial charge in [0.05, 0.1) is 11.7 Å². The summed E-state index contributed by atoms with van der Waals surface area (Å²) in [5.74, 6) is -0.298. The highest BCUT2D eigenvalue weighted by Gasteiger charge is 2.26. The third-order valence-electron chi connectivity index (χ3n) is 4.99. The van der Waals surface area contributed by atoms with Crippen LogP contribution in [0.1, 0.15) is 12.5 Å². The number of nitrogens with zero attached hydrogens (tertiary/aromatic N) is 2. The number of para-hydroxylation sites is 2. The lowest BCUT2D eigenvalue weighted by Gasteiger charge is -2.37. The van der Waals surface area contributed by atoms with E-state index >= 15 is 0 Å². The fourth-order valence-corrected chi connectivity index (χ4v) is 3.59. The van der Waals surface area contributed by atoms with E-state index in [1.807, 2.05) is 31.2 Å². The van der Waals surface area contributed by atoms with Gasteiger partial charge in [-0.1, -0.05) is 35.9 Å². The number of carbonyl (C=O) groups is 1. The van der Waals surface area contributed by atoms with Gasteiger partial charge in [0.2, 0.25) is 5.91 Å². The second kappa shape index (κ2) is 10.0. The Morgan fingerprint density at radius 2 is 1.86 bits per heavy atom. The maximum atomic E-state index is 12.6. The van der Waals surface area contributed by atoms with Gasteiger partial charge in [0.1, 0.15) is 5.75 Å². The standard InChI is InChI=1S/C21H24ClF2N3O2/c1-15(20(28)25-18-7-2-3-8-19(18)29-21(23)24)27-11-9-26(10-12-27)14-16-5-4-6-17(22)13-16/h2-8,13,15,21H,9-12,14H2,1H3,(H,25,28). The zero-order chi connectivity index (χ0) is 20.8. The molecule has 2 aromatic carbocycles. The van der Waals surface area contributed by atoms with Crippen molar-refractivity contribution in [2.24, 2.45) is 0 Å². The Morgan fingerprint density at radius 3 is 2.55 bits per heavy atom. The van der Waals surface area contributed by atoms with Gasteiger partial charge in [-0.05, 0) is 36.8 Å². The van der Waals surface area contributed by atoms with Gasteiger partial charge in [-0.2, -0.15) is 8.78 Å². The largest absolute Gasteiger partial charge is 0.433 e. The molecule has 1 atom stereocenters. The van der Waals surface area contributed by atoms with E-state index in [4.69, 9.17) is 11.6 Å². The summed E-state index contributed by atoms with van der Waals surface area (Å²) in [4.78, 5) is 17.0. The van der Waals surface area contributed by atoms with Gasteiger partial charge in [0.25, 0.3) is 0 Å². The van der Waals surface area contributed by atoms with Crippen LogP contribution in [-0.4, -0.2) is 54.5 Å². The van der Waals surface area contributed by atoms with Crippen molar-refractivity contribution in [2.45, 2.75) is 26.1 Å². The Morgan fingerprint density at radius 1 is 1.14 bits per heavy atom. The highest BCUT2D eigenvalue weighted by molar-refractivity contribution is 6.30. The molecule has 0 bridgehead atoms. The minimum absolute atomic E-state index is 0.0469. The fraction of sp³-hybridized carbons (Fsp3) is 0.381. The molecule has 0 spiro atoms.